The Kier molecular flexibility index (Phi) is 11.4. The summed E-state index contributed by atoms with van der Waals surface area (Å²) in [6.07, 6.45) is 3.44. The summed E-state index contributed by atoms with van der Waals surface area (Å²) in [6.45, 7) is 9.02. The lowest BCUT2D eigenvalue weighted by Gasteiger charge is -2.37. The van der Waals surface area contributed by atoms with Crippen LogP contribution in [0.2, 0.25) is 0 Å². The van der Waals surface area contributed by atoms with Gasteiger partial charge in [-0.05, 0) is 43.7 Å². The number of halogens is 1. The van der Waals surface area contributed by atoms with Crippen LogP contribution in [0.4, 0.5) is 5.00 Å². The van der Waals surface area contributed by atoms with Gasteiger partial charge in [-0.3, -0.25) is 4.99 Å². The first-order valence-corrected chi connectivity index (χ1v) is 9.53. The lowest BCUT2D eigenvalue weighted by atomic mass is 10.2. The van der Waals surface area contributed by atoms with Crippen LogP contribution < -0.4 is 10.2 Å². The summed E-state index contributed by atoms with van der Waals surface area (Å²) in [5, 5.41) is 6.97. The van der Waals surface area contributed by atoms with Crippen LogP contribution in [0.1, 0.15) is 26.2 Å². The SMILES string of the molecule is CCNC(=NCCCCCOC)N1CCN(c2cccs2)CC1.I. The summed E-state index contributed by atoms with van der Waals surface area (Å²) in [5.41, 5.74) is 0. The van der Waals surface area contributed by atoms with E-state index in [1.807, 2.05) is 11.3 Å². The largest absolute Gasteiger partial charge is 0.385 e. The van der Waals surface area contributed by atoms with E-state index in [4.69, 9.17) is 9.73 Å². The third-order valence-electron chi connectivity index (χ3n) is 4.00. The van der Waals surface area contributed by atoms with Crippen LogP contribution >= 0.6 is 35.3 Å². The Hall–Kier alpha value is -0.540. The van der Waals surface area contributed by atoms with Crippen molar-refractivity contribution in [3.8, 4) is 0 Å². The monoisotopic (exact) mass is 466 g/mol. The fourth-order valence-corrected chi connectivity index (χ4v) is 3.52. The molecule has 1 aliphatic heterocycles. The summed E-state index contributed by atoms with van der Waals surface area (Å²) in [5.74, 6) is 1.07. The van der Waals surface area contributed by atoms with Crippen molar-refractivity contribution in [2.75, 3.05) is 57.9 Å². The Labute approximate surface area is 167 Å². The highest BCUT2D eigenvalue weighted by molar-refractivity contribution is 14.0. The molecule has 1 aromatic heterocycles. The Morgan fingerprint density at radius 1 is 1.25 bits per heavy atom. The van der Waals surface area contributed by atoms with Gasteiger partial charge in [-0.15, -0.1) is 35.3 Å². The second kappa shape index (κ2) is 12.8. The van der Waals surface area contributed by atoms with E-state index in [0.717, 1.165) is 64.7 Å². The highest BCUT2D eigenvalue weighted by atomic mass is 127. The highest BCUT2D eigenvalue weighted by Crippen LogP contribution is 2.22. The Morgan fingerprint density at radius 2 is 2.04 bits per heavy atom. The molecule has 0 aromatic carbocycles. The minimum absolute atomic E-state index is 0. The van der Waals surface area contributed by atoms with Crippen LogP contribution in [0.3, 0.4) is 0 Å². The molecule has 2 heterocycles. The molecule has 1 fully saturated rings. The normalized spacial score (nSPS) is 15.3. The molecule has 138 valence electrons. The van der Waals surface area contributed by atoms with Crippen molar-refractivity contribution in [1.82, 2.24) is 10.2 Å². The van der Waals surface area contributed by atoms with Gasteiger partial charge >= 0.3 is 0 Å². The molecule has 7 heteroatoms. The van der Waals surface area contributed by atoms with Crippen molar-refractivity contribution in [1.29, 1.82) is 0 Å². The van der Waals surface area contributed by atoms with E-state index in [1.54, 1.807) is 7.11 Å². The number of unbranched alkanes of at least 4 members (excludes halogenated alkanes) is 2. The van der Waals surface area contributed by atoms with E-state index in [9.17, 15) is 0 Å². The molecule has 0 amide bonds. The first kappa shape index (κ1) is 21.5. The van der Waals surface area contributed by atoms with Crippen LogP contribution in [0.15, 0.2) is 22.5 Å². The average molecular weight is 466 g/mol. The molecule has 0 radical (unpaired) electrons. The molecule has 1 saturated heterocycles. The molecule has 0 atom stereocenters. The summed E-state index contributed by atoms with van der Waals surface area (Å²) in [4.78, 5) is 9.66. The average Bonchev–Trinajstić information content (AvgIpc) is 3.12. The number of piperazine rings is 1. The maximum absolute atomic E-state index is 5.08. The lowest BCUT2D eigenvalue weighted by Crippen LogP contribution is -2.52. The molecule has 24 heavy (non-hydrogen) atoms. The van der Waals surface area contributed by atoms with Crippen molar-refractivity contribution in [2.24, 2.45) is 4.99 Å². The fraction of sp³-hybridized carbons (Fsp3) is 0.706. The highest BCUT2D eigenvalue weighted by Gasteiger charge is 2.20. The molecular formula is C17H31IN4OS. The number of rotatable bonds is 8. The predicted molar refractivity (Wildman–Crippen MR) is 115 cm³/mol. The zero-order valence-electron chi connectivity index (χ0n) is 14.9. The topological polar surface area (TPSA) is 40.1 Å². The number of guanidine groups is 1. The third kappa shape index (κ3) is 7.14. The zero-order valence-corrected chi connectivity index (χ0v) is 18.0. The van der Waals surface area contributed by atoms with Crippen molar-refractivity contribution in [3.05, 3.63) is 17.5 Å². The predicted octanol–water partition coefficient (Wildman–Crippen LogP) is 3.27. The van der Waals surface area contributed by atoms with Crippen LogP contribution in [-0.2, 0) is 4.74 Å². The van der Waals surface area contributed by atoms with Gasteiger partial charge in [-0.1, -0.05) is 0 Å². The van der Waals surface area contributed by atoms with Gasteiger partial charge in [0, 0.05) is 53.0 Å². The van der Waals surface area contributed by atoms with E-state index in [0.29, 0.717) is 0 Å². The first-order chi connectivity index (χ1) is 11.3. The van der Waals surface area contributed by atoms with Gasteiger partial charge in [0.1, 0.15) is 0 Å². The summed E-state index contributed by atoms with van der Waals surface area (Å²) in [7, 11) is 1.76. The Bertz CT molecular complexity index is 447. The molecule has 1 N–H and O–H groups in total. The molecule has 1 aliphatic rings. The second-order valence-corrected chi connectivity index (χ2v) is 6.64. The van der Waals surface area contributed by atoms with Crippen molar-refractivity contribution in [2.45, 2.75) is 26.2 Å². The van der Waals surface area contributed by atoms with E-state index in [1.165, 1.54) is 11.4 Å². The third-order valence-corrected chi connectivity index (χ3v) is 4.93. The quantitative estimate of drug-likeness (QED) is 0.276. The number of hydrogen-bond donors (Lipinski definition) is 1. The van der Waals surface area contributed by atoms with Gasteiger partial charge < -0.3 is 19.9 Å². The second-order valence-electron chi connectivity index (χ2n) is 5.71. The van der Waals surface area contributed by atoms with Gasteiger partial charge in [0.15, 0.2) is 5.96 Å². The van der Waals surface area contributed by atoms with Gasteiger partial charge in [-0.2, -0.15) is 0 Å². The fourth-order valence-electron chi connectivity index (χ4n) is 2.73. The van der Waals surface area contributed by atoms with Crippen LogP contribution in [0, 0.1) is 0 Å². The van der Waals surface area contributed by atoms with Crippen LogP contribution in [0.25, 0.3) is 0 Å². The van der Waals surface area contributed by atoms with E-state index in [2.05, 4.69) is 39.6 Å². The zero-order chi connectivity index (χ0) is 16.3. The number of hydrogen-bond acceptors (Lipinski definition) is 4. The molecule has 0 saturated carbocycles. The number of thiophene rings is 1. The number of nitrogens with one attached hydrogen (secondary N) is 1. The maximum atomic E-state index is 5.08. The molecule has 0 bridgehead atoms. The maximum Gasteiger partial charge on any atom is 0.194 e. The smallest absolute Gasteiger partial charge is 0.194 e. The number of nitrogens with zero attached hydrogens (tertiary/aromatic N) is 3. The van der Waals surface area contributed by atoms with Gasteiger partial charge in [0.2, 0.25) is 0 Å². The molecule has 1 aromatic rings. The number of anilines is 1. The number of aliphatic imine (C=N–C) groups is 1. The number of methoxy groups -OCH3 is 1. The molecule has 0 spiro atoms. The molecule has 0 aliphatic carbocycles. The van der Waals surface area contributed by atoms with Gasteiger partial charge in [0.25, 0.3) is 0 Å². The van der Waals surface area contributed by atoms with E-state index in [-0.39, 0.29) is 24.0 Å². The van der Waals surface area contributed by atoms with Gasteiger partial charge in [-0.25, -0.2) is 0 Å². The Morgan fingerprint density at radius 3 is 2.67 bits per heavy atom. The molecule has 2 rings (SSSR count). The summed E-state index contributed by atoms with van der Waals surface area (Å²) >= 11 is 1.82. The Balaban J connectivity index is 0.00000288. The minimum atomic E-state index is 0. The van der Waals surface area contributed by atoms with Crippen LogP contribution in [0.5, 0.6) is 0 Å². The van der Waals surface area contributed by atoms with Gasteiger partial charge in [0.05, 0.1) is 5.00 Å². The van der Waals surface area contributed by atoms with Crippen LogP contribution in [-0.4, -0.2) is 63.8 Å². The van der Waals surface area contributed by atoms with E-state index < -0.39 is 0 Å². The minimum Gasteiger partial charge on any atom is -0.385 e. The summed E-state index contributed by atoms with van der Waals surface area (Å²) in [6, 6.07) is 4.33. The van der Waals surface area contributed by atoms with E-state index >= 15 is 0 Å². The first-order valence-electron chi connectivity index (χ1n) is 8.65. The van der Waals surface area contributed by atoms with Crippen molar-refractivity contribution < 1.29 is 4.74 Å². The van der Waals surface area contributed by atoms with Crippen molar-refractivity contribution in [3.63, 3.8) is 0 Å². The number of ether oxygens (including phenoxy) is 1. The molecule has 0 unspecified atom stereocenters. The summed E-state index contributed by atoms with van der Waals surface area (Å²) < 4.78 is 5.08. The lowest BCUT2D eigenvalue weighted by molar-refractivity contribution is 0.192. The standard InChI is InChI=1S/C17H30N4OS.HI/c1-3-18-17(19-9-5-4-6-14-22-2)21-12-10-20(11-13-21)16-8-7-15-23-16;/h7-8,15H,3-6,9-14H2,1-2H3,(H,18,19);1H. The molecule has 5 nitrogen and oxygen atoms in total. The van der Waals surface area contributed by atoms with Crippen molar-refractivity contribution >= 4 is 46.3 Å². The molecular weight excluding hydrogens is 435 g/mol.